The molecule has 0 bridgehead atoms. The van der Waals surface area contributed by atoms with Crippen LogP contribution in [-0.4, -0.2) is 29.9 Å². The fraction of sp³-hybridized carbons (Fsp3) is 0.579. The van der Waals surface area contributed by atoms with Crippen molar-refractivity contribution < 1.29 is 23.0 Å². The van der Waals surface area contributed by atoms with Gasteiger partial charge in [0.2, 0.25) is 0 Å². The van der Waals surface area contributed by atoms with Crippen molar-refractivity contribution in [1.82, 2.24) is 0 Å². The van der Waals surface area contributed by atoms with Crippen LogP contribution in [-0.2, 0) is 0 Å². The Bertz CT molecular complexity index is 647. The molecular formula is C19H24F3NO2. The van der Waals surface area contributed by atoms with Crippen molar-refractivity contribution in [1.29, 1.82) is 0 Å². The predicted molar refractivity (Wildman–Crippen MR) is 91.5 cm³/mol. The molecule has 1 aromatic rings. The average Bonchev–Trinajstić information content (AvgIpc) is 2.54. The highest BCUT2D eigenvalue weighted by molar-refractivity contribution is 5.73. The van der Waals surface area contributed by atoms with Crippen molar-refractivity contribution in [3.05, 3.63) is 29.6 Å². The number of alkyl halides is 2. The topological polar surface area (TPSA) is 32.7 Å². The first kappa shape index (κ1) is 18.1. The predicted octanol–water partition coefficient (Wildman–Crippen LogP) is 4.59. The Balaban J connectivity index is 1.81. The van der Waals surface area contributed by atoms with Crippen molar-refractivity contribution in [3.63, 3.8) is 0 Å². The summed E-state index contributed by atoms with van der Waals surface area (Å²) >= 11 is 0. The lowest BCUT2D eigenvalue weighted by atomic mass is 9.76. The van der Waals surface area contributed by atoms with Gasteiger partial charge in [0, 0.05) is 29.9 Å². The Morgan fingerprint density at radius 3 is 2.48 bits per heavy atom. The minimum Gasteiger partial charge on any atom is -0.432 e. The van der Waals surface area contributed by atoms with Gasteiger partial charge in [-0.15, -0.1) is 0 Å². The average molecular weight is 355 g/mol. The quantitative estimate of drug-likeness (QED) is 0.857. The minimum absolute atomic E-state index is 0.243. The van der Waals surface area contributed by atoms with Crippen LogP contribution >= 0.6 is 0 Å². The third kappa shape index (κ3) is 3.94. The summed E-state index contributed by atoms with van der Waals surface area (Å²) in [5.41, 5.74) is 0.716. The van der Waals surface area contributed by atoms with Crippen LogP contribution in [0.4, 0.5) is 18.9 Å². The summed E-state index contributed by atoms with van der Waals surface area (Å²) in [4.78, 5) is 2.13. The fourth-order valence-corrected chi connectivity index (χ4v) is 3.96. The van der Waals surface area contributed by atoms with E-state index in [1.54, 1.807) is 0 Å². The molecule has 1 aliphatic carbocycles. The molecule has 1 aliphatic heterocycles. The molecule has 6 heteroatoms. The van der Waals surface area contributed by atoms with Gasteiger partial charge in [-0.25, -0.2) is 4.39 Å². The Morgan fingerprint density at radius 2 is 1.88 bits per heavy atom. The summed E-state index contributed by atoms with van der Waals surface area (Å²) in [6, 6.07) is 2.87. The van der Waals surface area contributed by atoms with Gasteiger partial charge >= 0.3 is 6.61 Å². The van der Waals surface area contributed by atoms with Crippen LogP contribution in [0.5, 0.6) is 5.75 Å². The standard InChI is InChI=1S/C19H24F3NO2/c1-19(2,24)13-5-7-14(8-6-13)23-9-3-4-12-10-15(20)17(11-16(12)23)25-18(21)22/h3-4,10-11,13-14,18,24H,5-9H2,1-2H3. The molecule has 138 valence electrons. The van der Waals surface area contributed by atoms with Gasteiger partial charge < -0.3 is 14.7 Å². The van der Waals surface area contributed by atoms with Crippen molar-refractivity contribution in [2.75, 3.05) is 11.4 Å². The van der Waals surface area contributed by atoms with E-state index in [1.807, 2.05) is 26.0 Å². The molecule has 3 rings (SSSR count). The van der Waals surface area contributed by atoms with Gasteiger partial charge in [0.25, 0.3) is 0 Å². The lowest BCUT2D eigenvalue weighted by Gasteiger charge is -2.42. The molecule has 0 aromatic heterocycles. The first-order valence-electron chi connectivity index (χ1n) is 8.69. The third-order valence-electron chi connectivity index (χ3n) is 5.34. The highest BCUT2D eigenvalue weighted by atomic mass is 19.3. The first-order chi connectivity index (χ1) is 11.8. The largest absolute Gasteiger partial charge is 0.432 e. The molecule has 25 heavy (non-hydrogen) atoms. The summed E-state index contributed by atoms with van der Waals surface area (Å²) in [6.07, 6.45) is 7.40. The molecule has 1 saturated carbocycles. The fourth-order valence-electron chi connectivity index (χ4n) is 3.96. The van der Waals surface area contributed by atoms with E-state index < -0.39 is 23.8 Å². The molecule has 1 N–H and O–H groups in total. The van der Waals surface area contributed by atoms with Gasteiger partial charge in [-0.05, 0) is 51.5 Å². The maximum atomic E-state index is 14.0. The molecule has 0 saturated heterocycles. The first-order valence-corrected chi connectivity index (χ1v) is 8.69. The molecule has 0 unspecified atom stereocenters. The number of hydrogen-bond donors (Lipinski definition) is 1. The number of hydrogen-bond acceptors (Lipinski definition) is 3. The van der Waals surface area contributed by atoms with Gasteiger partial charge in [-0.1, -0.05) is 12.2 Å². The number of fused-ring (bicyclic) bond motifs is 1. The number of anilines is 1. The van der Waals surface area contributed by atoms with Crippen molar-refractivity contribution in [3.8, 4) is 5.75 Å². The molecule has 0 spiro atoms. The normalized spacial score (nSPS) is 23.7. The second-order valence-electron chi connectivity index (χ2n) is 7.43. The van der Waals surface area contributed by atoms with E-state index >= 15 is 0 Å². The van der Waals surface area contributed by atoms with Gasteiger partial charge in [0.1, 0.15) is 0 Å². The van der Waals surface area contributed by atoms with Crippen LogP contribution in [0.2, 0.25) is 0 Å². The van der Waals surface area contributed by atoms with Gasteiger partial charge in [0.05, 0.1) is 5.60 Å². The van der Waals surface area contributed by atoms with Crippen molar-refractivity contribution in [2.45, 2.75) is 57.8 Å². The maximum absolute atomic E-state index is 14.0. The van der Waals surface area contributed by atoms with E-state index in [0.717, 1.165) is 31.4 Å². The highest BCUT2D eigenvalue weighted by Crippen LogP contribution is 2.39. The van der Waals surface area contributed by atoms with E-state index in [0.29, 0.717) is 12.1 Å². The molecular weight excluding hydrogens is 331 g/mol. The number of halogens is 3. The van der Waals surface area contributed by atoms with Crippen LogP contribution in [0.25, 0.3) is 6.08 Å². The summed E-state index contributed by atoms with van der Waals surface area (Å²) in [5.74, 6) is -0.940. The summed E-state index contributed by atoms with van der Waals surface area (Å²) in [7, 11) is 0. The van der Waals surface area contributed by atoms with Crippen molar-refractivity contribution >= 4 is 11.8 Å². The molecule has 2 aliphatic rings. The Morgan fingerprint density at radius 1 is 1.20 bits per heavy atom. The zero-order chi connectivity index (χ0) is 18.2. The number of benzene rings is 1. The van der Waals surface area contributed by atoms with Crippen LogP contribution in [0.3, 0.4) is 0 Å². The van der Waals surface area contributed by atoms with E-state index in [1.165, 1.54) is 12.1 Å². The van der Waals surface area contributed by atoms with Crippen molar-refractivity contribution in [2.24, 2.45) is 5.92 Å². The van der Waals surface area contributed by atoms with E-state index in [4.69, 9.17) is 0 Å². The summed E-state index contributed by atoms with van der Waals surface area (Å²) in [5, 5.41) is 10.2. The summed E-state index contributed by atoms with van der Waals surface area (Å²) in [6.45, 7) is 1.29. The van der Waals surface area contributed by atoms with Gasteiger partial charge in [-0.2, -0.15) is 8.78 Å². The SMILES string of the molecule is CC(C)(O)C1CCC(N2CC=Cc3cc(F)c(OC(F)F)cc32)CC1. The van der Waals surface area contributed by atoms with Gasteiger partial charge in [-0.3, -0.25) is 0 Å². The molecule has 0 radical (unpaired) electrons. The smallest absolute Gasteiger partial charge is 0.387 e. The molecule has 1 heterocycles. The van der Waals surface area contributed by atoms with Crippen LogP contribution in [0.15, 0.2) is 18.2 Å². The Hall–Kier alpha value is -1.69. The highest BCUT2D eigenvalue weighted by Gasteiger charge is 2.34. The minimum atomic E-state index is -3.05. The number of nitrogens with zero attached hydrogens (tertiary/aromatic N) is 1. The number of aliphatic hydroxyl groups is 1. The lowest BCUT2D eigenvalue weighted by Crippen LogP contribution is -2.43. The Kier molecular flexibility index (Phi) is 5.00. The van der Waals surface area contributed by atoms with Crippen LogP contribution < -0.4 is 9.64 Å². The molecule has 0 amide bonds. The molecule has 0 atom stereocenters. The third-order valence-corrected chi connectivity index (χ3v) is 5.34. The summed E-state index contributed by atoms with van der Waals surface area (Å²) < 4.78 is 43.3. The zero-order valence-corrected chi connectivity index (χ0v) is 14.5. The molecule has 3 nitrogen and oxygen atoms in total. The van der Waals surface area contributed by atoms with E-state index in [9.17, 15) is 18.3 Å². The number of rotatable bonds is 4. The second-order valence-corrected chi connectivity index (χ2v) is 7.43. The van der Waals surface area contributed by atoms with Crippen LogP contribution in [0, 0.1) is 11.7 Å². The van der Waals surface area contributed by atoms with E-state index in [2.05, 4.69) is 9.64 Å². The number of ether oxygens (including phenoxy) is 1. The van der Waals surface area contributed by atoms with Gasteiger partial charge in [0.15, 0.2) is 11.6 Å². The van der Waals surface area contributed by atoms with E-state index in [-0.39, 0.29) is 12.0 Å². The maximum Gasteiger partial charge on any atom is 0.387 e. The van der Waals surface area contributed by atoms with Crippen LogP contribution in [0.1, 0.15) is 45.1 Å². The monoisotopic (exact) mass is 355 g/mol. The lowest BCUT2D eigenvalue weighted by molar-refractivity contribution is -0.0521. The Labute approximate surface area is 146 Å². The molecule has 1 aromatic carbocycles. The zero-order valence-electron chi connectivity index (χ0n) is 14.5. The molecule has 1 fully saturated rings. The second kappa shape index (κ2) is 6.90.